The van der Waals surface area contributed by atoms with Crippen LogP contribution in [0.1, 0.15) is 168 Å². The zero-order chi connectivity index (χ0) is 52.6. The molecule has 0 amide bonds. The summed E-state index contributed by atoms with van der Waals surface area (Å²) in [5.74, 6) is -1.20. The van der Waals surface area contributed by atoms with Crippen molar-refractivity contribution in [2.75, 3.05) is 13.2 Å². The van der Waals surface area contributed by atoms with Crippen molar-refractivity contribution < 1.29 is 81.7 Å². The number of ketones is 1. The Morgan fingerprint density at radius 2 is 0.958 bits per heavy atom. The maximum absolute atomic E-state index is 13.0. The molecule has 1 rings (SSSR count). The minimum atomic E-state index is -5.39. The number of carbonyl (C=O) groups is 3. The lowest BCUT2D eigenvalue weighted by Crippen LogP contribution is -2.64. The molecule has 406 valence electrons. The number of carbonyl (C=O) groups excluding carboxylic acids is 3. The van der Waals surface area contributed by atoms with Crippen LogP contribution in [-0.4, -0.2) is 109 Å². The zero-order valence-electron chi connectivity index (χ0n) is 42.1. The number of ether oxygens (including phenoxy) is 2. The molecule has 1 aliphatic carbocycles. The van der Waals surface area contributed by atoms with Crippen LogP contribution in [0.3, 0.4) is 0 Å². The van der Waals surface area contributed by atoms with E-state index in [4.69, 9.17) is 18.5 Å². The van der Waals surface area contributed by atoms with Gasteiger partial charge in [0.15, 0.2) is 11.9 Å². The van der Waals surface area contributed by atoms with Crippen molar-refractivity contribution in [1.82, 2.24) is 0 Å². The van der Waals surface area contributed by atoms with Gasteiger partial charge in [0.1, 0.15) is 43.2 Å². The number of esters is 2. The molecule has 8 atom stereocenters. The molecule has 7 N–H and O–H groups in total. The summed E-state index contributed by atoms with van der Waals surface area (Å²) >= 11 is 0. The van der Waals surface area contributed by atoms with Crippen molar-refractivity contribution in [2.24, 2.45) is 0 Å². The fourth-order valence-electron chi connectivity index (χ4n) is 7.16. The first kappa shape index (κ1) is 65.9. The third-order valence-electron chi connectivity index (χ3n) is 11.2. The lowest BCUT2D eigenvalue weighted by atomic mass is 9.85. The minimum absolute atomic E-state index is 0.0655. The van der Waals surface area contributed by atoms with E-state index < -0.39 is 83.5 Å². The molecule has 17 nitrogen and oxygen atoms in total. The summed E-state index contributed by atoms with van der Waals surface area (Å²) in [5.41, 5.74) is 0. The van der Waals surface area contributed by atoms with Gasteiger partial charge in [-0.1, -0.05) is 151 Å². The van der Waals surface area contributed by atoms with E-state index in [1.807, 2.05) is 36.5 Å². The summed E-state index contributed by atoms with van der Waals surface area (Å²) in [6.07, 6.45) is 33.7. The molecule has 0 radical (unpaired) electrons. The number of hydrogen-bond donors (Lipinski definition) is 7. The number of rotatable bonds is 42. The first-order valence-corrected chi connectivity index (χ1v) is 28.6. The highest BCUT2D eigenvalue weighted by atomic mass is 31.2. The van der Waals surface area contributed by atoms with Crippen LogP contribution in [0.4, 0.5) is 0 Å². The van der Waals surface area contributed by atoms with Crippen LogP contribution in [0.25, 0.3) is 0 Å². The van der Waals surface area contributed by atoms with E-state index in [-0.39, 0.29) is 18.6 Å². The molecule has 0 aromatic heterocycles. The maximum atomic E-state index is 13.0. The minimum Gasteiger partial charge on any atom is -0.462 e. The monoisotopic (exact) mass is 1040 g/mol. The Morgan fingerprint density at radius 1 is 0.493 bits per heavy atom. The van der Waals surface area contributed by atoms with Crippen molar-refractivity contribution in [3.05, 3.63) is 85.1 Å². The van der Waals surface area contributed by atoms with Crippen LogP contribution in [0, 0.1) is 0 Å². The SMILES string of the molecule is CCCCCC/C=C\C/C=C\C/C=C\CCCCCCCCC(=O)OC[C@H](COP(=O)(O)O[C@H]1C(O)C(O)C(O)[C@@H](OP(=O)(O)O)C1O)OC(=O)CCC/C=C\C/C=C\C/C=C\C=C\C(=O)CCCCC. The van der Waals surface area contributed by atoms with Crippen molar-refractivity contribution in [1.29, 1.82) is 0 Å². The standard InChI is InChI=1S/C52H86O17P2/c1-3-5-7-8-9-10-11-12-13-14-15-16-17-18-19-22-25-28-31-35-39-45(54)65-41-44(42-66-71(63,64)69-52-49(58)47(56)48(57)51(50(52)59)68-70(60,61)62)67-46(55)40-36-32-29-26-23-20-21-24-27-30-34-38-43(53)37-33-6-4-2/h10-11,13-14,16-17,20-21,26-27,29-30,34,38,44,47-52,56-59H,3-9,12,15,18-19,22-25,28,31-33,35-37,39-42H2,1-2H3,(H,63,64)(H2,60,61,62)/b11-10-,14-13-,17-16-,21-20-,29-26-,30-27-,38-34+/t44-,47?,48?,49?,50?,51-,52+/m1/s1. The number of unbranched alkanes of at least 4 members (excludes halogenated alkanes) is 13. The number of phosphoric ester groups is 2. The van der Waals surface area contributed by atoms with Gasteiger partial charge in [0.25, 0.3) is 0 Å². The highest BCUT2D eigenvalue weighted by Crippen LogP contribution is 2.49. The molecule has 1 fully saturated rings. The van der Waals surface area contributed by atoms with Gasteiger partial charge in [0.05, 0.1) is 6.61 Å². The highest BCUT2D eigenvalue weighted by Gasteiger charge is 2.54. The van der Waals surface area contributed by atoms with Gasteiger partial charge in [-0.05, 0) is 83.1 Å². The topological polar surface area (TPSA) is 273 Å². The van der Waals surface area contributed by atoms with E-state index in [0.29, 0.717) is 38.5 Å². The fourth-order valence-corrected chi connectivity index (χ4v) is 8.70. The van der Waals surface area contributed by atoms with Crippen molar-refractivity contribution in [3.63, 3.8) is 0 Å². The number of aliphatic hydroxyl groups is 4. The predicted octanol–water partition coefficient (Wildman–Crippen LogP) is 9.74. The van der Waals surface area contributed by atoms with Crippen LogP contribution in [0.15, 0.2) is 85.1 Å². The van der Waals surface area contributed by atoms with E-state index in [1.165, 1.54) is 25.7 Å². The zero-order valence-corrected chi connectivity index (χ0v) is 43.9. The number of allylic oxidation sites excluding steroid dienone is 14. The molecule has 0 aromatic carbocycles. The Kier molecular flexibility index (Phi) is 38.2. The summed E-state index contributed by atoms with van der Waals surface area (Å²) in [6.45, 7) is 2.88. The Labute approximate surface area is 422 Å². The molecule has 1 aliphatic rings. The predicted molar refractivity (Wildman–Crippen MR) is 274 cm³/mol. The second-order valence-corrected chi connectivity index (χ2v) is 20.2. The second-order valence-electron chi connectivity index (χ2n) is 17.6. The average Bonchev–Trinajstić information content (AvgIpc) is 3.32. The Balaban J connectivity index is 2.62. The van der Waals surface area contributed by atoms with Crippen molar-refractivity contribution in [2.45, 2.75) is 211 Å². The van der Waals surface area contributed by atoms with E-state index in [9.17, 15) is 58.6 Å². The van der Waals surface area contributed by atoms with E-state index >= 15 is 0 Å². The Hall–Kier alpha value is -3.15. The fraction of sp³-hybridized carbons (Fsp3) is 0.673. The molecule has 0 aliphatic heterocycles. The number of hydrogen-bond acceptors (Lipinski definition) is 14. The average molecular weight is 1050 g/mol. The molecule has 19 heteroatoms. The van der Waals surface area contributed by atoms with Crippen LogP contribution in [0.5, 0.6) is 0 Å². The second kappa shape index (κ2) is 41.2. The van der Waals surface area contributed by atoms with Gasteiger partial charge in [0.2, 0.25) is 0 Å². The summed E-state index contributed by atoms with van der Waals surface area (Å²) in [5, 5.41) is 41.3. The highest BCUT2D eigenvalue weighted by molar-refractivity contribution is 7.47. The van der Waals surface area contributed by atoms with Crippen LogP contribution >= 0.6 is 15.6 Å². The van der Waals surface area contributed by atoms with Crippen LogP contribution in [0.2, 0.25) is 0 Å². The van der Waals surface area contributed by atoms with Gasteiger partial charge in [0, 0.05) is 19.3 Å². The van der Waals surface area contributed by atoms with Gasteiger partial charge in [-0.3, -0.25) is 28.0 Å². The van der Waals surface area contributed by atoms with E-state index in [2.05, 4.69) is 54.8 Å². The lowest BCUT2D eigenvalue weighted by molar-refractivity contribution is -0.216. The molecular weight excluding hydrogens is 959 g/mol. The molecule has 1 saturated carbocycles. The van der Waals surface area contributed by atoms with Gasteiger partial charge < -0.3 is 44.6 Å². The van der Waals surface area contributed by atoms with Gasteiger partial charge in [-0.2, -0.15) is 0 Å². The van der Waals surface area contributed by atoms with Crippen LogP contribution < -0.4 is 0 Å². The molecular formula is C52H86O17P2. The maximum Gasteiger partial charge on any atom is 0.472 e. The largest absolute Gasteiger partial charge is 0.472 e. The molecule has 71 heavy (non-hydrogen) atoms. The summed E-state index contributed by atoms with van der Waals surface area (Å²) in [6, 6.07) is 0. The van der Waals surface area contributed by atoms with Gasteiger partial charge in [-0.25, -0.2) is 9.13 Å². The first-order valence-electron chi connectivity index (χ1n) is 25.6. The molecule has 0 bridgehead atoms. The summed E-state index contributed by atoms with van der Waals surface area (Å²) in [4.78, 5) is 66.2. The van der Waals surface area contributed by atoms with Gasteiger partial charge in [-0.15, -0.1) is 0 Å². The lowest BCUT2D eigenvalue weighted by Gasteiger charge is -2.43. The quantitative estimate of drug-likeness (QED) is 0.00748. The normalized spacial score (nSPS) is 21.5. The number of aliphatic hydroxyl groups excluding tert-OH is 4. The molecule has 5 unspecified atom stereocenters. The smallest absolute Gasteiger partial charge is 0.462 e. The van der Waals surface area contributed by atoms with Gasteiger partial charge >= 0.3 is 27.6 Å². The molecule has 0 heterocycles. The molecule has 0 aromatic rings. The van der Waals surface area contributed by atoms with E-state index in [0.717, 1.165) is 77.0 Å². The Morgan fingerprint density at radius 3 is 1.54 bits per heavy atom. The third kappa shape index (κ3) is 35.6. The summed E-state index contributed by atoms with van der Waals surface area (Å²) in [7, 11) is -10.7. The number of phosphoric acid groups is 2. The summed E-state index contributed by atoms with van der Waals surface area (Å²) < 4.78 is 49.4. The first-order chi connectivity index (χ1) is 34.0. The van der Waals surface area contributed by atoms with Crippen molar-refractivity contribution in [3.8, 4) is 0 Å². The van der Waals surface area contributed by atoms with Crippen molar-refractivity contribution >= 4 is 33.4 Å². The Bertz CT molecular complexity index is 1750. The third-order valence-corrected chi connectivity index (χ3v) is 12.7. The van der Waals surface area contributed by atoms with E-state index in [1.54, 1.807) is 12.2 Å². The molecule has 0 spiro atoms. The van der Waals surface area contributed by atoms with Crippen LogP contribution in [-0.2, 0) is 46.6 Å². The molecule has 0 saturated heterocycles.